The minimum Gasteiger partial charge on any atom is -0.370 e. The Morgan fingerprint density at radius 2 is 1.48 bits per heavy atom. The van der Waals surface area contributed by atoms with E-state index in [1.807, 2.05) is 36.4 Å². The number of benzene rings is 2. The Kier molecular flexibility index (Phi) is 6.92. The molecule has 0 aliphatic rings. The predicted octanol–water partition coefficient (Wildman–Crippen LogP) is 3.49. The Hall–Kier alpha value is -3.21. The Labute approximate surface area is 159 Å². The Morgan fingerprint density at radius 1 is 0.815 bits per heavy atom. The van der Waals surface area contributed by atoms with Crippen LogP contribution in [0.1, 0.15) is 28.0 Å². The fraction of sp³-hybridized carbons (Fsp3) is 0.227. The molecular formula is C22H24N4O. The van der Waals surface area contributed by atoms with Gasteiger partial charge in [0.2, 0.25) is 0 Å². The van der Waals surface area contributed by atoms with Crippen LogP contribution >= 0.6 is 0 Å². The molecule has 1 heterocycles. The maximum Gasteiger partial charge on any atom is 0.270 e. The highest BCUT2D eigenvalue weighted by molar-refractivity contribution is 5.92. The maximum absolute atomic E-state index is 12.3. The second-order valence-corrected chi connectivity index (χ2v) is 6.30. The molecule has 138 valence electrons. The first-order chi connectivity index (χ1) is 13.3. The fourth-order valence-electron chi connectivity index (χ4n) is 2.79. The average Bonchev–Trinajstić information content (AvgIpc) is 2.73. The van der Waals surface area contributed by atoms with E-state index in [2.05, 4.69) is 44.9 Å². The topological polar surface area (TPSA) is 66.9 Å². The van der Waals surface area contributed by atoms with E-state index in [0.29, 0.717) is 18.1 Å². The van der Waals surface area contributed by atoms with Crippen molar-refractivity contribution in [3.8, 4) is 0 Å². The average molecular weight is 360 g/mol. The third kappa shape index (κ3) is 6.22. The van der Waals surface area contributed by atoms with Crippen LogP contribution in [0.25, 0.3) is 0 Å². The second kappa shape index (κ2) is 10.1. The number of aromatic nitrogens is 2. The maximum atomic E-state index is 12.3. The van der Waals surface area contributed by atoms with Crippen LogP contribution in [0.15, 0.2) is 73.1 Å². The molecule has 0 spiro atoms. The lowest BCUT2D eigenvalue weighted by molar-refractivity contribution is 0.0948. The quantitative estimate of drug-likeness (QED) is 0.573. The molecule has 0 atom stereocenters. The lowest BCUT2D eigenvalue weighted by Crippen LogP contribution is -2.26. The Morgan fingerprint density at radius 3 is 2.19 bits per heavy atom. The summed E-state index contributed by atoms with van der Waals surface area (Å²) < 4.78 is 0. The monoisotopic (exact) mass is 360 g/mol. The first-order valence-corrected chi connectivity index (χ1v) is 9.23. The summed E-state index contributed by atoms with van der Waals surface area (Å²) in [6.07, 6.45) is 4.15. The summed E-state index contributed by atoms with van der Waals surface area (Å²) in [6.45, 7) is 1.37. The van der Waals surface area contributed by atoms with Crippen molar-refractivity contribution in [1.29, 1.82) is 0 Å². The van der Waals surface area contributed by atoms with Gasteiger partial charge in [-0.2, -0.15) is 0 Å². The Balaban J connectivity index is 1.42. The molecule has 1 amide bonds. The number of anilines is 1. The summed E-state index contributed by atoms with van der Waals surface area (Å²) in [4.78, 5) is 20.5. The molecule has 27 heavy (non-hydrogen) atoms. The van der Waals surface area contributed by atoms with E-state index >= 15 is 0 Å². The van der Waals surface area contributed by atoms with Crippen molar-refractivity contribution in [2.75, 3.05) is 18.4 Å². The van der Waals surface area contributed by atoms with Gasteiger partial charge in [-0.15, -0.1) is 0 Å². The van der Waals surface area contributed by atoms with Crippen molar-refractivity contribution in [3.63, 3.8) is 0 Å². The van der Waals surface area contributed by atoms with Gasteiger partial charge in [0, 0.05) is 19.2 Å². The van der Waals surface area contributed by atoms with Gasteiger partial charge in [0.25, 0.3) is 5.91 Å². The van der Waals surface area contributed by atoms with Gasteiger partial charge in [0.05, 0.1) is 0 Å². The number of carbonyl (C=O) groups is 1. The smallest absolute Gasteiger partial charge is 0.270 e. The Bertz CT molecular complexity index is 837. The van der Waals surface area contributed by atoms with Crippen molar-refractivity contribution in [1.82, 2.24) is 15.3 Å². The molecule has 2 N–H and O–H groups in total. The van der Waals surface area contributed by atoms with Crippen molar-refractivity contribution >= 4 is 11.7 Å². The molecule has 1 aromatic heterocycles. The zero-order valence-corrected chi connectivity index (χ0v) is 15.3. The number of nitrogens with zero attached hydrogens (tertiary/aromatic N) is 2. The largest absolute Gasteiger partial charge is 0.370 e. The van der Waals surface area contributed by atoms with Crippen LogP contribution in [-0.4, -0.2) is 29.0 Å². The van der Waals surface area contributed by atoms with Crippen LogP contribution in [-0.2, 0) is 12.8 Å². The van der Waals surface area contributed by atoms with Crippen LogP contribution in [0.3, 0.4) is 0 Å². The third-order valence-electron chi connectivity index (χ3n) is 4.23. The summed E-state index contributed by atoms with van der Waals surface area (Å²) in [7, 11) is 0. The van der Waals surface area contributed by atoms with Gasteiger partial charge in [-0.25, -0.2) is 9.97 Å². The minimum atomic E-state index is -0.170. The van der Waals surface area contributed by atoms with Gasteiger partial charge in [0.15, 0.2) is 0 Å². The van der Waals surface area contributed by atoms with Crippen molar-refractivity contribution in [2.24, 2.45) is 0 Å². The molecule has 0 radical (unpaired) electrons. The van der Waals surface area contributed by atoms with E-state index in [4.69, 9.17) is 0 Å². The number of hydrogen-bond donors (Lipinski definition) is 2. The molecule has 0 saturated carbocycles. The normalized spacial score (nSPS) is 10.4. The zero-order chi connectivity index (χ0) is 18.7. The minimum absolute atomic E-state index is 0.170. The highest BCUT2D eigenvalue weighted by Crippen LogP contribution is 2.06. The van der Waals surface area contributed by atoms with Gasteiger partial charge in [-0.1, -0.05) is 60.7 Å². The number of nitrogens with one attached hydrogen (secondary N) is 2. The number of amides is 1. The molecule has 0 aliphatic heterocycles. The lowest BCUT2D eigenvalue weighted by Gasteiger charge is -2.08. The number of hydrogen-bond acceptors (Lipinski definition) is 4. The number of aryl methyl sites for hydroxylation is 1. The molecular weight excluding hydrogens is 336 g/mol. The van der Waals surface area contributed by atoms with E-state index in [0.717, 1.165) is 25.8 Å². The van der Waals surface area contributed by atoms with E-state index < -0.39 is 0 Å². The first kappa shape index (κ1) is 18.6. The predicted molar refractivity (Wildman–Crippen MR) is 108 cm³/mol. The number of carbonyl (C=O) groups excluding carboxylic acids is 1. The van der Waals surface area contributed by atoms with E-state index in [1.54, 1.807) is 6.07 Å². The number of rotatable bonds is 9. The molecule has 0 unspecified atom stereocenters. The van der Waals surface area contributed by atoms with Crippen LogP contribution in [0.2, 0.25) is 0 Å². The van der Waals surface area contributed by atoms with Crippen LogP contribution in [0.4, 0.5) is 5.82 Å². The summed E-state index contributed by atoms with van der Waals surface area (Å²) >= 11 is 0. The van der Waals surface area contributed by atoms with Gasteiger partial charge in [0.1, 0.15) is 17.8 Å². The van der Waals surface area contributed by atoms with Crippen molar-refractivity contribution in [2.45, 2.75) is 19.3 Å². The molecule has 2 aromatic carbocycles. The molecule has 0 saturated heterocycles. The summed E-state index contributed by atoms with van der Waals surface area (Å²) in [5.41, 5.74) is 2.92. The van der Waals surface area contributed by atoms with Crippen molar-refractivity contribution < 1.29 is 4.79 Å². The highest BCUT2D eigenvalue weighted by Gasteiger charge is 2.08. The van der Waals surface area contributed by atoms with Crippen LogP contribution in [0.5, 0.6) is 0 Å². The standard InChI is InChI=1S/C22H24N4O/c27-22(24-14-7-12-18-8-3-1-4-9-18)20-16-21(26-17-25-20)23-15-13-19-10-5-2-6-11-19/h1-6,8-11,16-17H,7,12-15H2,(H,24,27)(H,23,25,26). The molecule has 0 aliphatic carbocycles. The third-order valence-corrected chi connectivity index (χ3v) is 4.23. The van der Waals surface area contributed by atoms with Gasteiger partial charge < -0.3 is 10.6 Å². The zero-order valence-electron chi connectivity index (χ0n) is 15.3. The summed E-state index contributed by atoms with van der Waals surface area (Å²) in [5, 5.41) is 6.17. The molecule has 5 nitrogen and oxygen atoms in total. The fourth-order valence-corrected chi connectivity index (χ4v) is 2.79. The highest BCUT2D eigenvalue weighted by atomic mass is 16.1. The molecule has 0 fully saturated rings. The second-order valence-electron chi connectivity index (χ2n) is 6.30. The van der Waals surface area contributed by atoms with Gasteiger partial charge >= 0.3 is 0 Å². The molecule has 0 bridgehead atoms. The van der Waals surface area contributed by atoms with Gasteiger partial charge in [-0.3, -0.25) is 4.79 Å². The summed E-state index contributed by atoms with van der Waals surface area (Å²) in [6, 6.07) is 22.2. The lowest BCUT2D eigenvalue weighted by atomic mass is 10.1. The van der Waals surface area contributed by atoms with E-state index in [-0.39, 0.29) is 5.91 Å². The van der Waals surface area contributed by atoms with Gasteiger partial charge in [-0.05, 0) is 30.4 Å². The van der Waals surface area contributed by atoms with Crippen LogP contribution in [0, 0.1) is 0 Å². The molecule has 5 heteroatoms. The SMILES string of the molecule is O=C(NCCCc1ccccc1)c1cc(NCCc2ccccc2)ncn1. The summed E-state index contributed by atoms with van der Waals surface area (Å²) in [5.74, 6) is 0.493. The molecule has 3 aromatic rings. The molecule has 3 rings (SSSR count). The van der Waals surface area contributed by atoms with E-state index in [9.17, 15) is 4.79 Å². The van der Waals surface area contributed by atoms with E-state index in [1.165, 1.54) is 17.5 Å². The van der Waals surface area contributed by atoms with Crippen molar-refractivity contribution in [3.05, 3.63) is 89.9 Å². The first-order valence-electron chi connectivity index (χ1n) is 9.23. The van der Waals surface area contributed by atoms with Crippen LogP contribution < -0.4 is 10.6 Å².